The van der Waals surface area contributed by atoms with Crippen molar-refractivity contribution in [3.8, 4) is 0 Å². The van der Waals surface area contributed by atoms with Crippen LogP contribution in [0.3, 0.4) is 0 Å². The Morgan fingerprint density at radius 2 is 2.15 bits per heavy atom. The average molecular weight is 277 g/mol. The van der Waals surface area contributed by atoms with Gasteiger partial charge in [0.1, 0.15) is 12.3 Å². The molecule has 0 aromatic carbocycles. The third-order valence-electron chi connectivity index (χ3n) is 3.89. The SMILES string of the molecule is CCNC(=NCc1ccco1)NCCC1CCCCC1. The highest BCUT2D eigenvalue weighted by molar-refractivity contribution is 5.79. The predicted molar refractivity (Wildman–Crippen MR) is 82.7 cm³/mol. The van der Waals surface area contributed by atoms with Crippen LogP contribution in [0.15, 0.2) is 27.8 Å². The molecule has 112 valence electrons. The summed E-state index contributed by atoms with van der Waals surface area (Å²) in [6, 6.07) is 3.85. The van der Waals surface area contributed by atoms with Crippen LogP contribution in [0, 0.1) is 5.92 Å². The Bertz CT molecular complexity index is 380. The van der Waals surface area contributed by atoms with Gasteiger partial charge < -0.3 is 15.1 Å². The van der Waals surface area contributed by atoms with E-state index in [0.29, 0.717) is 6.54 Å². The number of hydrogen-bond acceptors (Lipinski definition) is 2. The summed E-state index contributed by atoms with van der Waals surface area (Å²) in [6.45, 7) is 4.57. The van der Waals surface area contributed by atoms with Gasteiger partial charge in [-0.2, -0.15) is 0 Å². The summed E-state index contributed by atoms with van der Waals surface area (Å²) < 4.78 is 5.30. The molecule has 0 amide bonds. The first-order valence-electron chi connectivity index (χ1n) is 7.93. The molecule has 1 aliphatic rings. The van der Waals surface area contributed by atoms with Gasteiger partial charge in [0.05, 0.1) is 6.26 Å². The van der Waals surface area contributed by atoms with E-state index < -0.39 is 0 Å². The molecule has 0 unspecified atom stereocenters. The van der Waals surface area contributed by atoms with Gasteiger partial charge in [-0.1, -0.05) is 32.1 Å². The van der Waals surface area contributed by atoms with Crippen LogP contribution in [-0.2, 0) is 6.54 Å². The zero-order valence-electron chi connectivity index (χ0n) is 12.5. The Morgan fingerprint density at radius 1 is 1.30 bits per heavy atom. The minimum atomic E-state index is 0.589. The van der Waals surface area contributed by atoms with Gasteiger partial charge in [-0.05, 0) is 31.4 Å². The topological polar surface area (TPSA) is 49.6 Å². The molecule has 0 aliphatic heterocycles. The molecule has 0 saturated heterocycles. The molecule has 1 aromatic heterocycles. The van der Waals surface area contributed by atoms with Crippen LogP contribution >= 0.6 is 0 Å². The first-order valence-corrected chi connectivity index (χ1v) is 7.93. The summed E-state index contributed by atoms with van der Waals surface area (Å²) >= 11 is 0. The van der Waals surface area contributed by atoms with Gasteiger partial charge in [-0.15, -0.1) is 0 Å². The van der Waals surface area contributed by atoms with E-state index in [1.807, 2.05) is 12.1 Å². The largest absolute Gasteiger partial charge is 0.467 e. The number of furan rings is 1. The summed E-state index contributed by atoms with van der Waals surface area (Å²) in [5, 5.41) is 6.71. The molecule has 1 aromatic rings. The third kappa shape index (κ3) is 5.27. The van der Waals surface area contributed by atoms with Crippen LogP contribution in [0.5, 0.6) is 0 Å². The van der Waals surface area contributed by atoms with Crippen molar-refractivity contribution in [1.29, 1.82) is 0 Å². The van der Waals surface area contributed by atoms with Crippen LogP contribution in [0.2, 0.25) is 0 Å². The van der Waals surface area contributed by atoms with Crippen molar-refractivity contribution in [2.45, 2.75) is 52.0 Å². The average Bonchev–Trinajstić information content (AvgIpc) is 2.99. The maximum absolute atomic E-state index is 5.30. The van der Waals surface area contributed by atoms with E-state index in [1.165, 1.54) is 38.5 Å². The van der Waals surface area contributed by atoms with Crippen molar-refractivity contribution in [2.75, 3.05) is 13.1 Å². The second kappa shape index (κ2) is 8.67. The lowest BCUT2D eigenvalue weighted by Crippen LogP contribution is -2.38. The van der Waals surface area contributed by atoms with Gasteiger partial charge in [-0.3, -0.25) is 0 Å². The lowest BCUT2D eigenvalue weighted by molar-refractivity contribution is 0.339. The minimum Gasteiger partial charge on any atom is -0.467 e. The molecule has 1 saturated carbocycles. The standard InChI is InChI=1S/C16H27N3O/c1-2-17-16(19-13-15-9-6-12-20-15)18-11-10-14-7-4-3-5-8-14/h6,9,12,14H,2-5,7-8,10-11,13H2,1H3,(H2,17,18,19). The first-order chi connectivity index (χ1) is 9.88. The monoisotopic (exact) mass is 277 g/mol. The van der Waals surface area contributed by atoms with Crippen LogP contribution < -0.4 is 10.6 Å². The fourth-order valence-electron chi connectivity index (χ4n) is 2.77. The molecule has 4 nitrogen and oxygen atoms in total. The highest BCUT2D eigenvalue weighted by Gasteiger charge is 2.12. The van der Waals surface area contributed by atoms with E-state index in [4.69, 9.17) is 4.42 Å². The van der Waals surface area contributed by atoms with E-state index in [9.17, 15) is 0 Å². The van der Waals surface area contributed by atoms with Gasteiger partial charge in [0.25, 0.3) is 0 Å². The number of nitrogens with zero attached hydrogens (tertiary/aromatic N) is 1. The number of hydrogen-bond donors (Lipinski definition) is 2. The summed E-state index contributed by atoms with van der Waals surface area (Å²) in [5.74, 6) is 2.69. The number of rotatable bonds is 6. The molecule has 4 heteroatoms. The molecule has 1 aliphatic carbocycles. The lowest BCUT2D eigenvalue weighted by Gasteiger charge is -2.22. The summed E-state index contributed by atoms with van der Waals surface area (Å²) in [4.78, 5) is 4.54. The van der Waals surface area contributed by atoms with E-state index >= 15 is 0 Å². The van der Waals surface area contributed by atoms with Gasteiger partial charge in [0.15, 0.2) is 5.96 Å². The number of aliphatic imine (C=N–C) groups is 1. The second-order valence-corrected chi connectivity index (χ2v) is 5.49. The summed E-state index contributed by atoms with van der Waals surface area (Å²) in [7, 11) is 0. The molecule has 2 N–H and O–H groups in total. The summed E-state index contributed by atoms with van der Waals surface area (Å²) in [6.07, 6.45) is 10.0. The molecule has 0 radical (unpaired) electrons. The van der Waals surface area contributed by atoms with Crippen LogP contribution in [0.1, 0.15) is 51.2 Å². The van der Waals surface area contributed by atoms with Crippen LogP contribution in [0.4, 0.5) is 0 Å². The second-order valence-electron chi connectivity index (χ2n) is 5.49. The normalized spacial score (nSPS) is 17.1. The maximum atomic E-state index is 5.30. The smallest absolute Gasteiger partial charge is 0.191 e. The Hall–Kier alpha value is -1.45. The van der Waals surface area contributed by atoms with Crippen molar-refractivity contribution in [1.82, 2.24) is 10.6 Å². The fourth-order valence-corrected chi connectivity index (χ4v) is 2.77. The van der Waals surface area contributed by atoms with Gasteiger partial charge in [0, 0.05) is 13.1 Å². The Kier molecular flexibility index (Phi) is 6.48. The van der Waals surface area contributed by atoms with E-state index in [0.717, 1.165) is 30.7 Å². The number of guanidine groups is 1. The minimum absolute atomic E-state index is 0.589. The molecule has 2 rings (SSSR count). The molecule has 20 heavy (non-hydrogen) atoms. The van der Waals surface area contributed by atoms with Crippen molar-refractivity contribution < 1.29 is 4.42 Å². The Balaban J connectivity index is 1.72. The highest BCUT2D eigenvalue weighted by atomic mass is 16.3. The van der Waals surface area contributed by atoms with Crippen molar-refractivity contribution >= 4 is 5.96 Å². The van der Waals surface area contributed by atoms with E-state index in [1.54, 1.807) is 6.26 Å². The Labute approximate surface area is 122 Å². The van der Waals surface area contributed by atoms with Crippen molar-refractivity contribution in [3.05, 3.63) is 24.2 Å². The van der Waals surface area contributed by atoms with Crippen LogP contribution in [-0.4, -0.2) is 19.0 Å². The fraction of sp³-hybridized carbons (Fsp3) is 0.688. The van der Waals surface area contributed by atoms with Crippen LogP contribution in [0.25, 0.3) is 0 Å². The number of nitrogens with one attached hydrogen (secondary N) is 2. The van der Waals surface area contributed by atoms with Crippen molar-refractivity contribution in [2.24, 2.45) is 10.9 Å². The van der Waals surface area contributed by atoms with Gasteiger partial charge >= 0.3 is 0 Å². The highest BCUT2D eigenvalue weighted by Crippen LogP contribution is 2.25. The third-order valence-corrected chi connectivity index (χ3v) is 3.89. The molecule has 0 bridgehead atoms. The zero-order chi connectivity index (χ0) is 14.0. The lowest BCUT2D eigenvalue weighted by atomic mass is 9.87. The zero-order valence-corrected chi connectivity index (χ0v) is 12.5. The maximum Gasteiger partial charge on any atom is 0.191 e. The van der Waals surface area contributed by atoms with Crippen molar-refractivity contribution in [3.63, 3.8) is 0 Å². The summed E-state index contributed by atoms with van der Waals surface area (Å²) in [5.41, 5.74) is 0. The van der Waals surface area contributed by atoms with Gasteiger partial charge in [-0.25, -0.2) is 4.99 Å². The Morgan fingerprint density at radius 3 is 2.85 bits per heavy atom. The first kappa shape index (κ1) is 14.9. The molecule has 1 fully saturated rings. The predicted octanol–water partition coefficient (Wildman–Crippen LogP) is 3.31. The molecule has 0 atom stereocenters. The molecule has 1 heterocycles. The quantitative estimate of drug-likeness (QED) is 0.619. The van der Waals surface area contributed by atoms with E-state index in [-0.39, 0.29) is 0 Å². The molecular formula is C16H27N3O. The molecular weight excluding hydrogens is 250 g/mol. The molecule has 0 spiro atoms. The van der Waals surface area contributed by atoms with Gasteiger partial charge in [0.2, 0.25) is 0 Å². The van der Waals surface area contributed by atoms with E-state index in [2.05, 4.69) is 22.5 Å².